The van der Waals surface area contributed by atoms with Crippen molar-refractivity contribution in [1.29, 1.82) is 0 Å². The van der Waals surface area contributed by atoms with Crippen molar-refractivity contribution >= 4 is 28.4 Å². The summed E-state index contributed by atoms with van der Waals surface area (Å²) < 4.78 is 17.9. The summed E-state index contributed by atoms with van der Waals surface area (Å²) in [5.41, 5.74) is 2.38. The number of ether oxygens (including phenoxy) is 2. The molecule has 1 aromatic carbocycles. The number of hydrogen-bond donors (Lipinski definition) is 2. The third kappa shape index (κ3) is 5.58. The van der Waals surface area contributed by atoms with E-state index in [9.17, 15) is 4.79 Å². The van der Waals surface area contributed by atoms with E-state index in [0.29, 0.717) is 43.5 Å². The number of methoxy groups -OCH3 is 1. The van der Waals surface area contributed by atoms with Gasteiger partial charge in [0, 0.05) is 26.3 Å². The van der Waals surface area contributed by atoms with Gasteiger partial charge in [-0.3, -0.25) is 9.20 Å². The van der Waals surface area contributed by atoms with Crippen molar-refractivity contribution in [1.82, 2.24) is 24.9 Å². The predicted molar refractivity (Wildman–Crippen MR) is 124 cm³/mol. The topological polar surface area (TPSA) is 116 Å². The second-order valence-corrected chi connectivity index (χ2v) is 7.60. The number of aromatic nitrogens is 4. The number of benzene rings is 1. The first-order valence-corrected chi connectivity index (χ1v) is 11.0. The van der Waals surface area contributed by atoms with Gasteiger partial charge in [-0.25, -0.2) is 4.98 Å². The number of fused-ring (bicyclic) bond motifs is 3. The molecule has 0 bridgehead atoms. The Morgan fingerprint density at radius 2 is 2.03 bits per heavy atom. The lowest BCUT2D eigenvalue weighted by atomic mass is 10.2. The van der Waals surface area contributed by atoms with Crippen molar-refractivity contribution in [3.63, 3.8) is 0 Å². The lowest BCUT2D eigenvalue weighted by molar-refractivity contribution is -0.120. The number of aryl methyl sites for hydroxylation is 1. The molecule has 0 unspecified atom stereocenters. The molecule has 174 valence electrons. The molecule has 0 saturated carbocycles. The molecule has 0 aliphatic carbocycles. The van der Waals surface area contributed by atoms with E-state index < -0.39 is 0 Å². The first-order chi connectivity index (χ1) is 16.2. The molecule has 0 aliphatic heterocycles. The molecule has 0 radical (unpaired) electrons. The van der Waals surface area contributed by atoms with Gasteiger partial charge in [0.1, 0.15) is 23.9 Å². The molecule has 4 rings (SSSR count). The summed E-state index contributed by atoms with van der Waals surface area (Å²) in [6, 6.07) is 9.35. The quantitative estimate of drug-likeness (QED) is 0.315. The number of nitrogens with one attached hydrogen (secondary N) is 2. The van der Waals surface area contributed by atoms with Crippen LogP contribution in [0.15, 0.2) is 41.0 Å². The molecule has 4 aromatic rings. The maximum absolute atomic E-state index is 11.9. The second kappa shape index (κ2) is 10.8. The fourth-order valence-corrected chi connectivity index (χ4v) is 3.53. The Hall–Kier alpha value is -3.66. The minimum absolute atomic E-state index is 0.0433. The molecule has 0 fully saturated rings. The van der Waals surface area contributed by atoms with Crippen molar-refractivity contribution in [2.75, 3.05) is 38.7 Å². The van der Waals surface area contributed by atoms with E-state index in [2.05, 4.69) is 20.8 Å². The first-order valence-electron chi connectivity index (χ1n) is 11.0. The van der Waals surface area contributed by atoms with Crippen LogP contribution in [0.1, 0.15) is 24.4 Å². The van der Waals surface area contributed by atoms with Gasteiger partial charge >= 0.3 is 0 Å². The number of amides is 1. The molecule has 0 saturated heterocycles. The average Bonchev–Trinajstić information content (AvgIpc) is 3.46. The Bertz CT molecular complexity index is 1200. The van der Waals surface area contributed by atoms with E-state index in [4.69, 9.17) is 18.9 Å². The predicted octanol–water partition coefficient (Wildman–Crippen LogP) is 2.76. The Morgan fingerprint density at radius 3 is 2.85 bits per heavy atom. The number of nitrogens with zero attached hydrogens (tertiary/aromatic N) is 4. The molecule has 10 nitrogen and oxygen atoms in total. The van der Waals surface area contributed by atoms with Crippen molar-refractivity contribution in [2.45, 2.75) is 26.2 Å². The van der Waals surface area contributed by atoms with Crippen LogP contribution >= 0.6 is 0 Å². The van der Waals surface area contributed by atoms with Crippen LogP contribution in [-0.4, -0.2) is 58.9 Å². The zero-order valence-electron chi connectivity index (χ0n) is 18.8. The summed E-state index contributed by atoms with van der Waals surface area (Å²) in [4.78, 5) is 16.7. The highest BCUT2D eigenvalue weighted by atomic mass is 16.5. The summed E-state index contributed by atoms with van der Waals surface area (Å²) in [5.74, 6) is 2.80. The highest BCUT2D eigenvalue weighted by Gasteiger charge is 2.13. The van der Waals surface area contributed by atoms with Crippen LogP contribution in [0.25, 0.3) is 16.7 Å². The number of carbonyl (C=O) groups excluding carboxylic acids is 1. The number of anilines is 1. The fourth-order valence-electron chi connectivity index (χ4n) is 3.53. The summed E-state index contributed by atoms with van der Waals surface area (Å²) in [6.45, 7) is 4.20. The van der Waals surface area contributed by atoms with Gasteiger partial charge in [-0.1, -0.05) is 0 Å². The molecule has 0 spiro atoms. The third-order valence-corrected chi connectivity index (χ3v) is 5.15. The number of hydrogen-bond acceptors (Lipinski definition) is 8. The maximum atomic E-state index is 11.9. The molecule has 2 N–H and O–H groups in total. The normalized spacial score (nSPS) is 11.2. The molecule has 0 atom stereocenters. The molecular weight excluding hydrogens is 424 g/mol. The van der Waals surface area contributed by atoms with E-state index in [1.807, 2.05) is 29.5 Å². The van der Waals surface area contributed by atoms with Gasteiger partial charge in [-0.2, -0.15) is 0 Å². The number of unbranched alkanes of at least 4 members (excludes halogenated alkanes) is 1. The number of furan rings is 1. The van der Waals surface area contributed by atoms with E-state index >= 15 is 0 Å². The van der Waals surface area contributed by atoms with Crippen LogP contribution in [0.3, 0.4) is 0 Å². The Morgan fingerprint density at radius 1 is 1.15 bits per heavy atom. The zero-order valence-corrected chi connectivity index (χ0v) is 18.8. The lowest BCUT2D eigenvalue weighted by Gasteiger charge is -2.11. The van der Waals surface area contributed by atoms with Crippen LogP contribution in [-0.2, 0) is 16.0 Å². The Kier molecular flexibility index (Phi) is 7.36. The first kappa shape index (κ1) is 22.5. The average molecular weight is 453 g/mol. The highest BCUT2D eigenvalue weighted by molar-refractivity contribution is 5.84. The molecule has 10 heteroatoms. The minimum Gasteiger partial charge on any atom is -0.491 e. The Labute approximate surface area is 191 Å². The molecular formula is C23H28N6O4. The van der Waals surface area contributed by atoms with Gasteiger partial charge in [0.25, 0.3) is 0 Å². The van der Waals surface area contributed by atoms with Gasteiger partial charge in [0.2, 0.25) is 11.6 Å². The second-order valence-electron chi connectivity index (χ2n) is 7.60. The molecule has 0 aliphatic rings. The van der Waals surface area contributed by atoms with E-state index in [1.165, 1.54) is 0 Å². The molecule has 33 heavy (non-hydrogen) atoms. The molecule has 3 heterocycles. The molecule has 1 amide bonds. The zero-order chi connectivity index (χ0) is 23.0. The maximum Gasteiger partial charge on any atom is 0.227 e. The summed E-state index contributed by atoms with van der Waals surface area (Å²) in [7, 11) is 1.64. The largest absolute Gasteiger partial charge is 0.491 e. The Balaban J connectivity index is 1.35. The summed E-state index contributed by atoms with van der Waals surface area (Å²) >= 11 is 0. The fraction of sp³-hybridized carbons (Fsp3) is 0.391. The minimum atomic E-state index is -0.0433. The van der Waals surface area contributed by atoms with Gasteiger partial charge in [0.05, 0.1) is 30.3 Å². The van der Waals surface area contributed by atoms with Crippen molar-refractivity contribution in [2.24, 2.45) is 0 Å². The van der Waals surface area contributed by atoms with E-state index in [0.717, 1.165) is 35.4 Å². The van der Waals surface area contributed by atoms with Crippen LogP contribution in [0.4, 0.5) is 5.82 Å². The number of carbonyl (C=O) groups is 1. The lowest BCUT2D eigenvalue weighted by Crippen LogP contribution is -2.26. The number of rotatable bonds is 12. The standard InChI is InChI=1S/C23H28N6O4/c1-16-27-28-23-22(25-10-4-3-9-24-21(30)15-17-6-5-11-32-17)26-19-14-18(33-13-12-31-2)7-8-20(19)29(16)23/h5-8,11,14H,3-4,9-10,12-13,15H2,1-2H3,(H,24,30)(H,25,26). The highest BCUT2D eigenvalue weighted by Crippen LogP contribution is 2.25. The monoisotopic (exact) mass is 452 g/mol. The van der Waals surface area contributed by atoms with Crippen molar-refractivity contribution in [3.05, 3.63) is 48.2 Å². The van der Waals surface area contributed by atoms with Crippen molar-refractivity contribution in [3.8, 4) is 5.75 Å². The van der Waals surface area contributed by atoms with Crippen molar-refractivity contribution < 1.29 is 18.7 Å². The molecule has 3 aromatic heterocycles. The van der Waals surface area contributed by atoms with Crippen LogP contribution in [0, 0.1) is 6.92 Å². The summed E-state index contributed by atoms with van der Waals surface area (Å²) in [5, 5.41) is 14.8. The SMILES string of the molecule is COCCOc1ccc2c(c1)nc(NCCCCNC(=O)Cc1ccco1)c1nnc(C)n12. The third-order valence-electron chi connectivity index (χ3n) is 5.15. The van der Waals surface area contributed by atoms with Gasteiger partial charge in [-0.15, -0.1) is 10.2 Å². The van der Waals surface area contributed by atoms with Crippen LogP contribution in [0.2, 0.25) is 0 Å². The van der Waals surface area contributed by atoms with Gasteiger partial charge in [0.15, 0.2) is 5.82 Å². The summed E-state index contributed by atoms with van der Waals surface area (Å²) in [6.07, 6.45) is 3.52. The van der Waals surface area contributed by atoms with E-state index in [-0.39, 0.29) is 12.3 Å². The smallest absolute Gasteiger partial charge is 0.227 e. The van der Waals surface area contributed by atoms with Gasteiger partial charge in [-0.05, 0) is 44.0 Å². The van der Waals surface area contributed by atoms with E-state index in [1.54, 1.807) is 25.5 Å². The van der Waals surface area contributed by atoms with Gasteiger partial charge < -0.3 is 24.5 Å². The van der Waals surface area contributed by atoms with Crippen LogP contribution < -0.4 is 15.4 Å². The van der Waals surface area contributed by atoms with Crippen LogP contribution in [0.5, 0.6) is 5.75 Å².